The standard InChI is InChI=1S/C14H18N4O2/c1-9(2)12-16-11-7-10(8-15-13(11)17-12)14(19)18-3-5-20-6-4-18/h7-9H,3-6H2,1-2H3,(H,15,16,17). The Bertz CT molecular complexity index is 629. The van der Waals surface area contributed by atoms with E-state index in [2.05, 4.69) is 28.8 Å². The van der Waals surface area contributed by atoms with Gasteiger partial charge in [0.1, 0.15) is 5.82 Å². The molecule has 1 N–H and O–H groups in total. The maximum Gasteiger partial charge on any atom is 0.255 e. The number of fused-ring (bicyclic) bond motifs is 1. The lowest BCUT2D eigenvalue weighted by molar-refractivity contribution is 0.0302. The highest BCUT2D eigenvalue weighted by molar-refractivity contribution is 5.96. The van der Waals surface area contributed by atoms with Crippen molar-refractivity contribution in [1.82, 2.24) is 19.9 Å². The van der Waals surface area contributed by atoms with E-state index in [9.17, 15) is 4.79 Å². The van der Waals surface area contributed by atoms with E-state index >= 15 is 0 Å². The van der Waals surface area contributed by atoms with Gasteiger partial charge in [0.15, 0.2) is 5.65 Å². The summed E-state index contributed by atoms with van der Waals surface area (Å²) >= 11 is 0. The first-order valence-corrected chi connectivity index (χ1v) is 6.88. The van der Waals surface area contributed by atoms with Crippen LogP contribution in [0.1, 0.15) is 35.9 Å². The van der Waals surface area contributed by atoms with Crippen LogP contribution in [0.5, 0.6) is 0 Å². The molecule has 1 fully saturated rings. The molecular formula is C14H18N4O2. The Morgan fingerprint density at radius 2 is 2.15 bits per heavy atom. The molecule has 20 heavy (non-hydrogen) atoms. The number of H-pyrrole nitrogens is 1. The molecule has 1 amide bonds. The minimum Gasteiger partial charge on any atom is -0.378 e. The van der Waals surface area contributed by atoms with Crippen molar-refractivity contribution in [2.75, 3.05) is 26.3 Å². The quantitative estimate of drug-likeness (QED) is 0.902. The first-order valence-electron chi connectivity index (χ1n) is 6.88. The molecule has 0 aliphatic carbocycles. The molecule has 0 radical (unpaired) electrons. The average Bonchev–Trinajstić information content (AvgIpc) is 2.90. The molecule has 1 aliphatic heterocycles. The Morgan fingerprint density at radius 1 is 1.40 bits per heavy atom. The number of ether oxygens (including phenoxy) is 1. The van der Waals surface area contributed by atoms with Crippen molar-refractivity contribution >= 4 is 17.1 Å². The third-order valence-corrected chi connectivity index (χ3v) is 3.45. The molecule has 0 bridgehead atoms. The molecule has 3 heterocycles. The zero-order chi connectivity index (χ0) is 14.1. The number of nitrogens with one attached hydrogen (secondary N) is 1. The summed E-state index contributed by atoms with van der Waals surface area (Å²) in [4.78, 5) is 26.1. The molecule has 106 valence electrons. The van der Waals surface area contributed by atoms with Gasteiger partial charge in [-0.3, -0.25) is 4.79 Å². The third kappa shape index (κ3) is 2.38. The Kier molecular flexibility index (Phi) is 3.40. The molecule has 0 saturated carbocycles. The van der Waals surface area contributed by atoms with E-state index in [1.807, 2.05) is 6.07 Å². The number of pyridine rings is 1. The Balaban J connectivity index is 1.89. The van der Waals surface area contributed by atoms with Crippen LogP contribution in [0, 0.1) is 0 Å². The maximum absolute atomic E-state index is 12.4. The van der Waals surface area contributed by atoms with Gasteiger partial charge in [0.25, 0.3) is 5.91 Å². The average molecular weight is 274 g/mol. The van der Waals surface area contributed by atoms with Gasteiger partial charge in [-0.25, -0.2) is 9.97 Å². The Morgan fingerprint density at radius 3 is 2.85 bits per heavy atom. The van der Waals surface area contributed by atoms with Crippen LogP contribution in [0.2, 0.25) is 0 Å². The van der Waals surface area contributed by atoms with E-state index < -0.39 is 0 Å². The zero-order valence-electron chi connectivity index (χ0n) is 11.7. The number of aromatic amines is 1. The number of rotatable bonds is 2. The predicted molar refractivity (Wildman–Crippen MR) is 74.7 cm³/mol. The minimum atomic E-state index is 0.00315. The molecular weight excluding hydrogens is 256 g/mol. The lowest BCUT2D eigenvalue weighted by atomic mass is 10.2. The van der Waals surface area contributed by atoms with Crippen LogP contribution in [0.4, 0.5) is 0 Å². The van der Waals surface area contributed by atoms with Crippen molar-refractivity contribution in [1.29, 1.82) is 0 Å². The second kappa shape index (κ2) is 5.20. The molecule has 1 saturated heterocycles. The lowest BCUT2D eigenvalue weighted by Crippen LogP contribution is -2.40. The highest BCUT2D eigenvalue weighted by Crippen LogP contribution is 2.17. The monoisotopic (exact) mass is 274 g/mol. The molecule has 2 aromatic rings. The van der Waals surface area contributed by atoms with Gasteiger partial charge < -0.3 is 14.6 Å². The summed E-state index contributed by atoms with van der Waals surface area (Å²) in [7, 11) is 0. The summed E-state index contributed by atoms with van der Waals surface area (Å²) in [6.07, 6.45) is 1.60. The van der Waals surface area contributed by atoms with Crippen molar-refractivity contribution in [3.05, 3.63) is 23.7 Å². The van der Waals surface area contributed by atoms with Gasteiger partial charge in [-0.1, -0.05) is 13.8 Å². The van der Waals surface area contributed by atoms with Crippen molar-refractivity contribution in [3.63, 3.8) is 0 Å². The van der Waals surface area contributed by atoms with E-state index in [-0.39, 0.29) is 5.91 Å². The third-order valence-electron chi connectivity index (χ3n) is 3.45. The van der Waals surface area contributed by atoms with Crippen LogP contribution in [-0.4, -0.2) is 52.1 Å². The van der Waals surface area contributed by atoms with Crippen molar-refractivity contribution in [3.8, 4) is 0 Å². The second-order valence-electron chi connectivity index (χ2n) is 5.28. The Labute approximate surface area is 117 Å². The van der Waals surface area contributed by atoms with Gasteiger partial charge in [0, 0.05) is 25.2 Å². The van der Waals surface area contributed by atoms with E-state index in [1.54, 1.807) is 11.1 Å². The van der Waals surface area contributed by atoms with Gasteiger partial charge in [0.2, 0.25) is 0 Å². The highest BCUT2D eigenvalue weighted by Gasteiger charge is 2.19. The van der Waals surface area contributed by atoms with Gasteiger partial charge in [-0.05, 0) is 6.07 Å². The Hall–Kier alpha value is -1.95. The topological polar surface area (TPSA) is 71.1 Å². The molecule has 0 aromatic carbocycles. The lowest BCUT2D eigenvalue weighted by Gasteiger charge is -2.26. The molecule has 0 unspecified atom stereocenters. The first-order chi connectivity index (χ1) is 9.65. The first kappa shape index (κ1) is 13.1. The van der Waals surface area contributed by atoms with Gasteiger partial charge in [0.05, 0.1) is 24.3 Å². The number of nitrogens with zero attached hydrogens (tertiary/aromatic N) is 3. The summed E-state index contributed by atoms with van der Waals surface area (Å²) in [6, 6.07) is 1.83. The van der Waals surface area contributed by atoms with Gasteiger partial charge >= 0.3 is 0 Å². The fraction of sp³-hybridized carbons (Fsp3) is 0.500. The summed E-state index contributed by atoms with van der Waals surface area (Å²) in [5, 5.41) is 0. The summed E-state index contributed by atoms with van der Waals surface area (Å²) in [5.74, 6) is 1.20. The summed E-state index contributed by atoms with van der Waals surface area (Å²) in [5.41, 5.74) is 2.07. The summed E-state index contributed by atoms with van der Waals surface area (Å²) in [6.45, 7) is 6.61. The van der Waals surface area contributed by atoms with E-state index in [1.165, 1.54) is 0 Å². The molecule has 6 heteroatoms. The van der Waals surface area contributed by atoms with Crippen molar-refractivity contribution in [2.45, 2.75) is 19.8 Å². The number of carbonyl (C=O) groups excluding carboxylic acids is 1. The molecule has 6 nitrogen and oxygen atoms in total. The predicted octanol–water partition coefficient (Wildman–Crippen LogP) is 1.55. The fourth-order valence-electron chi connectivity index (χ4n) is 2.26. The number of morpholine rings is 1. The molecule has 1 aliphatic rings. The number of imidazole rings is 1. The van der Waals surface area contributed by atoms with Gasteiger partial charge in [-0.2, -0.15) is 0 Å². The molecule has 0 atom stereocenters. The van der Waals surface area contributed by atoms with E-state index in [0.29, 0.717) is 43.4 Å². The number of carbonyl (C=O) groups is 1. The zero-order valence-corrected chi connectivity index (χ0v) is 11.7. The maximum atomic E-state index is 12.4. The molecule has 2 aromatic heterocycles. The van der Waals surface area contributed by atoms with E-state index in [4.69, 9.17) is 4.74 Å². The van der Waals surface area contributed by atoms with E-state index in [0.717, 1.165) is 11.3 Å². The van der Waals surface area contributed by atoms with Crippen LogP contribution in [-0.2, 0) is 4.74 Å². The smallest absolute Gasteiger partial charge is 0.255 e. The minimum absolute atomic E-state index is 0.00315. The second-order valence-corrected chi connectivity index (χ2v) is 5.28. The fourth-order valence-corrected chi connectivity index (χ4v) is 2.26. The summed E-state index contributed by atoms with van der Waals surface area (Å²) < 4.78 is 5.26. The highest BCUT2D eigenvalue weighted by atomic mass is 16.5. The normalized spacial score (nSPS) is 16.1. The molecule has 0 spiro atoms. The largest absolute Gasteiger partial charge is 0.378 e. The number of amides is 1. The SMILES string of the molecule is CC(C)c1nc2ncc(C(=O)N3CCOCC3)cc2[nH]1. The van der Waals surface area contributed by atoms with Crippen LogP contribution in [0.15, 0.2) is 12.3 Å². The van der Waals surface area contributed by atoms with Crippen LogP contribution < -0.4 is 0 Å². The van der Waals surface area contributed by atoms with Gasteiger partial charge in [-0.15, -0.1) is 0 Å². The van der Waals surface area contributed by atoms with Crippen LogP contribution in [0.3, 0.4) is 0 Å². The van der Waals surface area contributed by atoms with Crippen LogP contribution >= 0.6 is 0 Å². The number of hydrogen-bond donors (Lipinski definition) is 1. The van der Waals surface area contributed by atoms with Crippen LogP contribution in [0.25, 0.3) is 11.2 Å². The van der Waals surface area contributed by atoms with Crippen molar-refractivity contribution < 1.29 is 9.53 Å². The number of aromatic nitrogens is 3. The van der Waals surface area contributed by atoms with Crippen molar-refractivity contribution in [2.24, 2.45) is 0 Å². The molecule has 3 rings (SSSR count). The number of hydrogen-bond acceptors (Lipinski definition) is 4.